The maximum atomic E-state index is 6.10. The van der Waals surface area contributed by atoms with Gasteiger partial charge in [-0.25, -0.2) is 4.99 Å². The highest BCUT2D eigenvalue weighted by atomic mass is 127. The lowest BCUT2D eigenvalue weighted by Gasteiger charge is -2.13. The molecule has 6 nitrogen and oxygen atoms in total. The van der Waals surface area contributed by atoms with Crippen LogP contribution in [0.1, 0.15) is 18.2 Å². The molecule has 0 saturated carbocycles. The van der Waals surface area contributed by atoms with Crippen LogP contribution in [-0.4, -0.2) is 37.8 Å². The highest BCUT2D eigenvalue weighted by Crippen LogP contribution is 2.27. The molecule has 0 aliphatic heterocycles. The minimum absolute atomic E-state index is 0. The second-order valence-electron chi connectivity index (χ2n) is 5.89. The van der Waals surface area contributed by atoms with Gasteiger partial charge in [-0.1, -0.05) is 29.3 Å². The van der Waals surface area contributed by atoms with Gasteiger partial charge in [0.2, 0.25) is 0 Å². The number of aromatic nitrogens is 1. The van der Waals surface area contributed by atoms with Crippen molar-refractivity contribution in [1.82, 2.24) is 15.2 Å². The topological polar surface area (TPSA) is 59.8 Å². The van der Waals surface area contributed by atoms with Crippen LogP contribution in [0.15, 0.2) is 29.3 Å². The standard InChI is InChI=1S/C19H26Cl2N4O2.HI/c1-5-22-19(24-12-14-11-15(20)18(21)25(14)2)23-9-8-13-6-7-16(26-3)17(10-13)27-4;/h6-7,10-11H,5,8-9,12H2,1-4H3,(H2,22,23,24);1H. The molecule has 1 heterocycles. The minimum Gasteiger partial charge on any atom is -0.493 e. The number of ether oxygens (including phenoxy) is 2. The van der Waals surface area contributed by atoms with Gasteiger partial charge in [-0.3, -0.25) is 0 Å². The third-order valence-corrected chi connectivity index (χ3v) is 4.96. The van der Waals surface area contributed by atoms with Gasteiger partial charge in [0.15, 0.2) is 17.5 Å². The Morgan fingerprint density at radius 1 is 1.11 bits per heavy atom. The minimum atomic E-state index is 0. The van der Waals surface area contributed by atoms with E-state index in [4.69, 9.17) is 32.7 Å². The number of benzene rings is 1. The van der Waals surface area contributed by atoms with Crippen LogP contribution in [0.4, 0.5) is 0 Å². The zero-order chi connectivity index (χ0) is 19.8. The monoisotopic (exact) mass is 540 g/mol. The van der Waals surface area contributed by atoms with E-state index in [0.29, 0.717) is 16.7 Å². The highest BCUT2D eigenvalue weighted by Gasteiger charge is 2.09. The quantitative estimate of drug-likeness (QED) is 0.298. The number of rotatable bonds is 8. The van der Waals surface area contributed by atoms with Crippen molar-refractivity contribution in [2.24, 2.45) is 12.0 Å². The lowest BCUT2D eigenvalue weighted by atomic mass is 10.1. The maximum Gasteiger partial charge on any atom is 0.191 e. The molecule has 0 atom stereocenters. The van der Waals surface area contributed by atoms with Crippen LogP contribution in [0, 0.1) is 0 Å². The Labute approximate surface area is 193 Å². The van der Waals surface area contributed by atoms with Gasteiger partial charge in [-0.15, -0.1) is 24.0 Å². The summed E-state index contributed by atoms with van der Waals surface area (Å²) >= 11 is 12.2. The number of guanidine groups is 1. The third-order valence-electron chi connectivity index (χ3n) is 4.11. The van der Waals surface area contributed by atoms with Crippen LogP contribution in [0.5, 0.6) is 11.5 Å². The summed E-state index contributed by atoms with van der Waals surface area (Å²) in [7, 11) is 5.14. The molecule has 2 aromatic rings. The lowest BCUT2D eigenvalue weighted by Crippen LogP contribution is -2.38. The van der Waals surface area contributed by atoms with Crippen LogP contribution >= 0.6 is 47.2 Å². The second-order valence-corrected chi connectivity index (χ2v) is 6.66. The molecule has 9 heteroatoms. The average Bonchev–Trinajstić information content (AvgIpc) is 2.92. The first kappa shape index (κ1) is 24.7. The number of methoxy groups -OCH3 is 2. The highest BCUT2D eigenvalue weighted by molar-refractivity contribution is 14.0. The summed E-state index contributed by atoms with van der Waals surface area (Å²) in [6.07, 6.45) is 0.826. The van der Waals surface area contributed by atoms with E-state index < -0.39 is 0 Å². The van der Waals surface area contributed by atoms with Gasteiger partial charge in [-0.2, -0.15) is 0 Å². The lowest BCUT2D eigenvalue weighted by molar-refractivity contribution is 0.354. The van der Waals surface area contributed by atoms with Crippen LogP contribution in [0.3, 0.4) is 0 Å². The van der Waals surface area contributed by atoms with Gasteiger partial charge in [0.05, 0.1) is 25.8 Å². The van der Waals surface area contributed by atoms with E-state index in [0.717, 1.165) is 48.2 Å². The molecule has 0 unspecified atom stereocenters. The van der Waals surface area contributed by atoms with Crippen LogP contribution < -0.4 is 20.1 Å². The summed E-state index contributed by atoms with van der Waals surface area (Å²) in [5, 5.41) is 7.64. The van der Waals surface area contributed by atoms with E-state index in [2.05, 4.69) is 15.6 Å². The second kappa shape index (κ2) is 12.3. The summed E-state index contributed by atoms with van der Waals surface area (Å²) in [6.45, 7) is 4.02. The Bertz CT molecular complexity index is 796. The normalized spacial score (nSPS) is 11.0. The Kier molecular flexibility index (Phi) is 10.8. The fraction of sp³-hybridized carbons (Fsp3) is 0.421. The SMILES string of the molecule is CCNC(=NCc1cc(Cl)c(Cl)n1C)NCCc1ccc(OC)c(OC)c1.I. The molecule has 2 rings (SSSR count). The summed E-state index contributed by atoms with van der Waals surface area (Å²) in [5.74, 6) is 2.20. The third kappa shape index (κ3) is 6.63. The van der Waals surface area contributed by atoms with Crippen LogP contribution in [-0.2, 0) is 20.0 Å². The van der Waals surface area contributed by atoms with Crippen molar-refractivity contribution in [3.63, 3.8) is 0 Å². The number of aliphatic imine (C=N–C) groups is 1. The first-order valence-electron chi connectivity index (χ1n) is 8.72. The molecule has 0 fully saturated rings. The molecule has 0 radical (unpaired) electrons. The fourth-order valence-corrected chi connectivity index (χ4v) is 3.02. The Balaban J connectivity index is 0.00000392. The van der Waals surface area contributed by atoms with Crippen molar-refractivity contribution in [3.05, 3.63) is 45.7 Å². The molecule has 2 N–H and O–H groups in total. The zero-order valence-corrected chi connectivity index (χ0v) is 20.4. The van der Waals surface area contributed by atoms with Crippen LogP contribution in [0.2, 0.25) is 10.2 Å². The number of halogens is 3. The Hall–Kier alpha value is -1.32. The first-order valence-corrected chi connectivity index (χ1v) is 9.48. The van der Waals surface area contributed by atoms with Crippen LogP contribution in [0.25, 0.3) is 0 Å². The molecule has 1 aromatic heterocycles. The molecule has 1 aromatic carbocycles. The molecule has 28 heavy (non-hydrogen) atoms. The van der Waals surface area contributed by atoms with Gasteiger partial charge >= 0.3 is 0 Å². The van der Waals surface area contributed by atoms with E-state index in [1.165, 1.54) is 0 Å². The number of hydrogen-bond donors (Lipinski definition) is 2. The predicted molar refractivity (Wildman–Crippen MR) is 127 cm³/mol. The summed E-state index contributed by atoms with van der Waals surface area (Å²) in [4.78, 5) is 4.60. The molecule has 0 aliphatic rings. The van der Waals surface area contributed by atoms with E-state index >= 15 is 0 Å². The van der Waals surface area contributed by atoms with Gasteiger partial charge in [0, 0.05) is 25.8 Å². The zero-order valence-electron chi connectivity index (χ0n) is 16.5. The number of nitrogens with zero attached hydrogens (tertiary/aromatic N) is 2. The smallest absolute Gasteiger partial charge is 0.191 e. The average molecular weight is 541 g/mol. The number of nitrogens with one attached hydrogen (secondary N) is 2. The van der Waals surface area contributed by atoms with E-state index in [-0.39, 0.29) is 24.0 Å². The van der Waals surface area contributed by atoms with E-state index in [9.17, 15) is 0 Å². The predicted octanol–water partition coefficient (Wildman–Crippen LogP) is 4.26. The largest absolute Gasteiger partial charge is 0.493 e. The van der Waals surface area contributed by atoms with Gasteiger partial charge < -0.3 is 24.7 Å². The molecular weight excluding hydrogens is 514 g/mol. The molecular formula is C19H27Cl2IN4O2. The van der Waals surface area contributed by atoms with Gasteiger partial charge in [0.1, 0.15) is 5.15 Å². The molecule has 156 valence electrons. The fourth-order valence-electron chi connectivity index (χ4n) is 2.60. The first-order chi connectivity index (χ1) is 13.0. The van der Waals surface area contributed by atoms with Crippen molar-refractivity contribution >= 4 is 53.1 Å². The molecule has 0 amide bonds. The molecule has 0 aliphatic carbocycles. The van der Waals surface area contributed by atoms with E-state index in [1.54, 1.807) is 14.2 Å². The summed E-state index contributed by atoms with van der Waals surface area (Å²) in [5.41, 5.74) is 2.10. The van der Waals surface area contributed by atoms with Gasteiger partial charge in [0.25, 0.3) is 0 Å². The number of hydrogen-bond acceptors (Lipinski definition) is 3. The maximum absolute atomic E-state index is 6.10. The van der Waals surface area contributed by atoms with Crippen molar-refractivity contribution in [1.29, 1.82) is 0 Å². The Morgan fingerprint density at radius 2 is 1.82 bits per heavy atom. The summed E-state index contributed by atoms with van der Waals surface area (Å²) in [6, 6.07) is 7.76. The van der Waals surface area contributed by atoms with Crippen molar-refractivity contribution in [3.8, 4) is 11.5 Å². The molecule has 0 bridgehead atoms. The van der Waals surface area contributed by atoms with Crippen molar-refractivity contribution < 1.29 is 9.47 Å². The molecule has 0 spiro atoms. The van der Waals surface area contributed by atoms with Gasteiger partial charge in [-0.05, 0) is 37.1 Å². The van der Waals surface area contributed by atoms with Crippen molar-refractivity contribution in [2.75, 3.05) is 27.3 Å². The van der Waals surface area contributed by atoms with Crippen molar-refractivity contribution in [2.45, 2.75) is 19.9 Å². The summed E-state index contributed by atoms with van der Waals surface area (Å²) < 4.78 is 12.5. The Morgan fingerprint density at radius 3 is 2.39 bits per heavy atom. The van der Waals surface area contributed by atoms with E-state index in [1.807, 2.05) is 42.8 Å². The molecule has 0 saturated heterocycles.